The summed E-state index contributed by atoms with van der Waals surface area (Å²) in [7, 11) is 0. The number of unbranched alkanes of at least 4 members (excludes halogenated alkanes) is 14. The van der Waals surface area contributed by atoms with Gasteiger partial charge < -0.3 is 5.11 Å². The van der Waals surface area contributed by atoms with E-state index >= 15 is 0 Å². The van der Waals surface area contributed by atoms with Crippen LogP contribution >= 0.6 is 0 Å². The van der Waals surface area contributed by atoms with Crippen molar-refractivity contribution in [3.05, 3.63) is 0 Å². The smallest absolute Gasteiger partial charge is 0.303 e. The molecule has 0 spiro atoms. The lowest BCUT2D eigenvalue weighted by Crippen LogP contribution is -2.61. The summed E-state index contributed by atoms with van der Waals surface area (Å²) in [6.07, 6.45) is 31.0. The van der Waals surface area contributed by atoms with Crippen LogP contribution in [-0.2, 0) is 9.63 Å². The number of nitrogens with zero attached hydrogens (tertiary/aromatic N) is 1. The molecule has 0 aromatic carbocycles. The molecule has 2 aliphatic rings. The van der Waals surface area contributed by atoms with Crippen molar-refractivity contribution in [3.8, 4) is 0 Å². The molecule has 4 nitrogen and oxygen atoms in total. The molecule has 0 aromatic heterocycles. The molecule has 1 saturated heterocycles. The van der Waals surface area contributed by atoms with E-state index in [1.54, 1.807) is 0 Å². The number of carboxylic acids is 1. The molecular weight excluding hydrogens is 458 g/mol. The first-order valence-corrected chi connectivity index (χ1v) is 16.4. The second-order valence-corrected chi connectivity index (χ2v) is 13.8. The quantitative estimate of drug-likeness (QED) is 0.162. The van der Waals surface area contributed by atoms with E-state index in [4.69, 9.17) is 9.94 Å². The van der Waals surface area contributed by atoms with E-state index < -0.39 is 5.97 Å². The summed E-state index contributed by atoms with van der Waals surface area (Å²) in [5.41, 5.74) is 0.262. The highest BCUT2D eigenvalue weighted by Gasteiger charge is 2.47. The van der Waals surface area contributed by atoms with Crippen LogP contribution in [0.4, 0.5) is 0 Å². The summed E-state index contributed by atoms with van der Waals surface area (Å²) in [4.78, 5) is 17.2. The Kier molecular flexibility index (Phi) is 15.7. The van der Waals surface area contributed by atoms with Crippen molar-refractivity contribution in [2.45, 2.75) is 199 Å². The minimum Gasteiger partial charge on any atom is -0.481 e. The van der Waals surface area contributed by atoms with E-state index in [0.29, 0.717) is 12.5 Å². The van der Waals surface area contributed by atoms with E-state index in [9.17, 15) is 4.79 Å². The van der Waals surface area contributed by atoms with Gasteiger partial charge in [-0.3, -0.25) is 9.63 Å². The van der Waals surface area contributed by atoms with Crippen molar-refractivity contribution in [1.82, 2.24) is 5.06 Å². The van der Waals surface area contributed by atoms with Gasteiger partial charge in [-0.1, -0.05) is 116 Å². The molecular formula is C33H63NO3. The minimum absolute atomic E-state index is 0.131. The van der Waals surface area contributed by atoms with E-state index in [2.05, 4.69) is 32.8 Å². The standard InChI is InChI=1S/C33H63NO3/c1-32(2)27-29(28-33(3,4)34(32)37-30-24-20-18-21-25-30)23-19-16-14-12-10-8-6-5-7-9-11-13-15-17-22-26-31(35)36/h29-30H,5-28H2,1-4H3,(H,35,36). The Morgan fingerprint density at radius 3 is 1.51 bits per heavy atom. The molecule has 1 heterocycles. The Morgan fingerprint density at radius 1 is 0.676 bits per heavy atom. The molecule has 0 bridgehead atoms. The van der Waals surface area contributed by atoms with Gasteiger partial charge in [0, 0.05) is 17.5 Å². The third kappa shape index (κ3) is 13.8. The van der Waals surface area contributed by atoms with Gasteiger partial charge in [0.25, 0.3) is 0 Å². The van der Waals surface area contributed by atoms with E-state index in [1.807, 2.05) is 0 Å². The summed E-state index contributed by atoms with van der Waals surface area (Å²) in [6.45, 7) is 9.65. The number of piperidine rings is 1. The normalized spacial score (nSPS) is 20.9. The molecule has 0 atom stereocenters. The average molecular weight is 522 g/mol. The third-order valence-electron chi connectivity index (χ3n) is 8.99. The number of hydrogen-bond acceptors (Lipinski definition) is 3. The monoisotopic (exact) mass is 521 g/mol. The lowest BCUT2D eigenvalue weighted by Gasteiger charge is -2.55. The fourth-order valence-electron chi connectivity index (χ4n) is 7.29. The molecule has 2 fully saturated rings. The first-order valence-electron chi connectivity index (χ1n) is 16.4. The molecule has 37 heavy (non-hydrogen) atoms. The van der Waals surface area contributed by atoms with Gasteiger partial charge in [0.15, 0.2) is 0 Å². The highest BCUT2D eigenvalue weighted by molar-refractivity contribution is 5.66. The molecule has 1 aliphatic carbocycles. The fraction of sp³-hybridized carbons (Fsp3) is 0.970. The highest BCUT2D eigenvalue weighted by atomic mass is 16.7. The van der Waals surface area contributed by atoms with Crippen molar-refractivity contribution >= 4 is 5.97 Å². The van der Waals surface area contributed by atoms with Crippen LogP contribution in [-0.4, -0.2) is 33.3 Å². The number of carbonyl (C=O) groups is 1. The van der Waals surface area contributed by atoms with Gasteiger partial charge in [0.1, 0.15) is 0 Å². The number of rotatable bonds is 20. The molecule has 0 amide bonds. The van der Waals surface area contributed by atoms with Crippen LogP contribution in [0.5, 0.6) is 0 Å². The second-order valence-electron chi connectivity index (χ2n) is 13.8. The SMILES string of the molecule is CC1(C)CC(CCCCCCCCCCCCCCCCCC(=O)O)CC(C)(C)N1OC1CCCCC1. The molecule has 218 valence electrons. The average Bonchev–Trinajstić information content (AvgIpc) is 2.83. The summed E-state index contributed by atoms with van der Waals surface area (Å²) in [5, 5.41) is 11.1. The van der Waals surface area contributed by atoms with Crippen molar-refractivity contribution in [3.63, 3.8) is 0 Å². The highest BCUT2D eigenvalue weighted by Crippen LogP contribution is 2.44. The fourth-order valence-corrected chi connectivity index (χ4v) is 7.29. The topological polar surface area (TPSA) is 49.8 Å². The van der Waals surface area contributed by atoms with Crippen LogP contribution in [0.25, 0.3) is 0 Å². The summed E-state index contributed by atoms with van der Waals surface area (Å²) in [6, 6.07) is 0. The Labute approximate surface area is 230 Å². The summed E-state index contributed by atoms with van der Waals surface area (Å²) >= 11 is 0. The second kappa shape index (κ2) is 17.9. The zero-order chi connectivity index (χ0) is 27.0. The number of carboxylic acid groups (broad SMARTS) is 1. The molecule has 4 heteroatoms. The molecule has 0 radical (unpaired) electrons. The zero-order valence-electron chi connectivity index (χ0n) is 25.3. The first kappa shape index (κ1) is 32.6. The number of aliphatic carboxylic acids is 1. The van der Waals surface area contributed by atoms with Gasteiger partial charge in [0.05, 0.1) is 6.10 Å². The maximum atomic E-state index is 10.5. The van der Waals surface area contributed by atoms with Crippen molar-refractivity contribution < 1.29 is 14.7 Å². The molecule has 2 rings (SSSR count). The predicted molar refractivity (Wildman–Crippen MR) is 157 cm³/mol. The van der Waals surface area contributed by atoms with Crippen LogP contribution in [0.15, 0.2) is 0 Å². The Balaban J connectivity index is 1.43. The third-order valence-corrected chi connectivity index (χ3v) is 8.99. The van der Waals surface area contributed by atoms with Crippen LogP contribution in [0.2, 0.25) is 0 Å². The lowest BCUT2D eigenvalue weighted by molar-refractivity contribution is -0.314. The zero-order valence-corrected chi connectivity index (χ0v) is 25.3. The predicted octanol–water partition coefficient (Wildman–Crippen LogP) is 10.2. The van der Waals surface area contributed by atoms with Crippen molar-refractivity contribution in [2.24, 2.45) is 5.92 Å². The van der Waals surface area contributed by atoms with E-state index in [-0.39, 0.29) is 11.1 Å². The van der Waals surface area contributed by atoms with Gasteiger partial charge in [-0.2, -0.15) is 5.06 Å². The van der Waals surface area contributed by atoms with Gasteiger partial charge in [-0.25, -0.2) is 0 Å². The van der Waals surface area contributed by atoms with Gasteiger partial charge >= 0.3 is 5.97 Å². The van der Waals surface area contributed by atoms with Crippen LogP contribution in [0.1, 0.15) is 182 Å². The molecule has 1 saturated carbocycles. The van der Waals surface area contributed by atoms with Crippen LogP contribution in [0.3, 0.4) is 0 Å². The van der Waals surface area contributed by atoms with Gasteiger partial charge in [-0.15, -0.1) is 0 Å². The van der Waals surface area contributed by atoms with Gasteiger partial charge in [0.2, 0.25) is 0 Å². The maximum absolute atomic E-state index is 10.5. The van der Waals surface area contributed by atoms with Crippen LogP contribution < -0.4 is 0 Å². The number of hydroxylamine groups is 2. The molecule has 0 aromatic rings. The minimum atomic E-state index is -0.653. The summed E-state index contributed by atoms with van der Waals surface area (Å²) in [5.74, 6) is 0.181. The maximum Gasteiger partial charge on any atom is 0.303 e. The largest absolute Gasteiger partial charge is 0.481 e. The molecule has 0 unspecified atom stereocenters. The molecule has 1 aliphatic heterocycles. The first-order chi connectivity index (χ1) is 17.7. The van der Waals surface area contributed by atoms with Crippen molar-refractivity contribution in [1.29, 1.82) is 0 Å². The Morgan fingerprint density at radius 2 is 1.08 bits per heavy atom. The van der Waals surface area contributed by atoms with E-state index in [1.165, 1.54) is 135 Å². The molecule has 1 N–H and O–H groups in total. The Hall–Kier alpha value is -0.610. The Bertz CT molecular complexity index is 578. The van der Waals surface area contributed by atoms with Crippen molar-refractivity contribution in [2.75, 3.05) is 0 Å². The lowest BCUT2D eigenvalue weighted by atomic mass is 9.73. The van der Waals surface area contributed by atoms with Crippen LogP contribution in [0, 0.1) is 5.92 Å². The van der Waals surface area contributed by atoms with E-state index in [0.717, 1.165) is 18.8 Å². The summed E-state index contributed by atoms with van der Waals surface area (Å²) < 4.78 is 0. The number of hydrogen-bond donors (Lipinski definition) is 1. The van der Waals surface area contributed by atoms with Gasteiger partial charge in [-0.05, 0) is 65.7 Å².